The van der Waals surface area contributed by atoms with Crippen LogP contribution in [0.4, 0.5) is 5.69 Å². The molecular formula is C7H8N4O. The highest BCUT2D eigenvalue weighted by atomic mass is 16.3. The number of aryl methyl sites for hydroxylation is 1. The Balaban J connectivity index is 2.93. The Morgan fingerprint density at radius 1 is 1.50 bits per heavy atom. The molecule has 0 aliphatic carbocycles. The Kier molecular flexibility index (Phi) is 1.21. The molecule has 1 aromatic heterocycles. The van der Waals surface area contributed by atoms with Crippen molar-refractivity contribution in [2.24, 2.45) is 7.05 Å². The molecule has 0 fully saturated rings. The van der Waals surface area contributed by atoms with Crippen LogP contribution in [0.5, 0.6) is 5.75 Å². The first kappa shape index (κ1) is 6.90. The molecule has 0 unspecified atom stereocenters. The van der Waals surface area contributed by atoms with Gasteiger partial charge in [-0.15, -0.1) is 5.10 Å². The first-order chi connectivity index (χ1) is 5.70. The zero-order valence-electron chi connectivity index (χ0n) is 6.52. The molecule has 0 saturated heterocycles. The van der Waals surface area contributed by atoms with Gasteiger partial charge in [-0.05, 0) is 12.1 Å². The van der Waals surface area contributed by atoms with Crippen LogP contribution in [0, 0.1) is 0 Å². The van der Waals surface area contributed by atoms with Crippen LogP contribution in [0.2, 0.25) is 0 Å². The number of nitrogens with zero attached hydrogens (tertiary/aromatic N) is 3. The molecule has 2 aromatic rings. The second-order valence-electron chi connectivity index (χ2n) is 2.58. The van der Waals surface area contributed by atoms with Gasteiger partial charge in [0.15, 0.2) is 0 Å². The number of phenols is 1. The van der Waals surface area contributed by atoms with Crippen LogP contribution < -0.4 is 5.73 Å². The Bertz CT molecular complexity index is 434. The summed E-state index contributed by atoms with van der Waals surface area (Å²) in [7, 11) is 1.77. The summed E-state index contributed by atoms with van der Waals surface area (Å²) in [5, 5.41) is 16.8. The molecule has 0 saturated carbocycles. The van der Waals surface area contributed by atoms with Crippen LogP contribution in [0.25, 0.3) is 11.0 Å². The number of aromatic nitrogens is 3. The van der Waals surface area contributed by atoms with E-state index in [9.17, 15) is 5.11 Å². The minimum atomic E-state index is 0.0444. The van der Waals surface area contributed by atoms with Crippen molar-refractivity contribution in [1.29, 1.82) is 0 Å². The van der Waals surface area contributed by atoms with Crippen LogP contribution in [-0.4, -0.2) is 20.1 Å². The van der Waals surface area contributed by atoms with Crippen molar-refractivity contribution in [3.63, 3.8) is 0 Å². The lowest BCUT2D eigenvalue weighted by molar-refractivity contribution is 0.478. The molecule has 12 heavy (non-hydrogen) atoms. The first-order valence-electron chi connectivity index (χ1n) is 3.47. The van der Waals surface area contributed by atoms with Gasteiger partial charge in [-0.25, -0.2) is 4.68 Å². The lowest BCUT2D eigenvalue weighted by Crippen LogP contribution is -1.90. The zero-order valence-corrected chi connectivity index (χ0v) is 6.52. The Hall–Kier alpha value is -1.78. The molecule has 5 heteroatoms. The van der Waals surface area contributed by atoms with E-state index in [0.29, 0.717) is 5.52 Å². The van der Waals surface area contributed by atoms with Gasteiger partial charge in [0.1, 0.15) is 17.0 Å². The average Bonchev–Trinajstić information content (AvgIpc) is 2.41. The molecule has 0 radical (unpaired) electrons. The van der Waals surface area contributed by atoms with Crippen molar-refractivity contribution in [3.05, 3.63) is 12.1 Å². The van der Waals surface area contributed by atoms with Gasteiger partial charge in [-0.2, -0.15) is 0 Å². The van der Waals surface area contributed by atoms with Crippen molar-refractivity contribution < 1.29 is 5.11 Å². The van der Waals surface area contributed by atoms with E-state index < -0.39 is 0 Å². The fourth-order valence-corrected chi connectivity index (χ4v) is 1.11. The highest BCUT2D eigenvalue weighted by Crippen LogP contribution is 2.26. The zero-order chi connectivity index (χ0) is 8.72. The predicted molar refractivity (Wildman–Crippen MR) is 44.6 cm³/mol. The smallest absolute Gasteiger partial charge is 0.140 e. The van der Waals surface area contributed by atoms with Crippen molar-refractivity contribution in [3.8, 4) is 5.75 Å². The fourth-order valence-electron chi connectivity index (χ4n) is 1.11. The third-order valence-electron chi connectivity index (χ3n) is 1.80. The number of anilines is 1. The van der Waals surface area contributed by atoms with E-state index in [-0.39, 0.29) is 11.4 Å². The minimum Gasteiger partial charge on any atom is -0.506 e. The summed E-state index contributed by atoms with van der Waals surface area (Å²) in [5.41, 5.74) is 7.19. The molecular weight excluding hydrogens is 156 g/mol. The summed E-state index contributed by atoms with van der Waals surface area (Å²) in [6.07, 6.45) is 0. The summed E-state index contributed by atoms with van der Waals surface area (Å²) in [6, 6.07) is 3.25. The largest absolute Gasteiger partial charge is 0.506 e. The van der Waals surface area contributed by atoms with Crippen molar-refractivity contribution in [1.82, 2.24) is 15.0 Å². The highest BCUT2D eigenvalue weighted by Gasteiger charge is 2.07. The van der Waals surface area contributed by atoms with Crippen LogP contribution in [-0.2, 0) is 7.05 Å². The van der Waals surface area contributed by atoms with Crippen molar-refractivity contribution in [2.45, 2.75) is 0 Å². The summed E-state index contributed by atoms with van der Waals surface area (Å²) >= 11 is 0. The van der Waals surface area contributed by atoms with Crippen LogP contribution >= 0.6 is 0 Å². The van der Waals surface area contributed by atoms with Crippen molar-refractivity contribution in [2.75, 3.05) is 5.73 Å². The van der Waals surface area contributed by atoms with Gasteiger partial charge in [0.05, 0.1) is 5.52 Å². The number of hydrogen-bond acceptors (Lipinski definition) is 4. The molecule has 0 aliphatic heterocycles. The molecule has 0 bridgehead atoms. The van der Waals surface area contributed by atoms with E-state index in [2.05, 4.69) is 10.3 Å². The van der Waals surface area contributed by atoms with E-state index in [0.717, 1.165) is 5.52 Å². The number of rotatable bonds is 0. The molecule has 0 aliphatic rings. The molecule has 0 spiro atoms. The van der Waals surface area contributed by atoms with Gasteiger partial charge in [-0.1, -0.05) is 5.21 Å². The summed E-state index contributed by atoms with van der Waals surface area (Å²) in [6.45, 7) is 0. The summed E-state index contributed by atoms with van der Waals surface area (Å²) < 4.78 is 1.60. The summed E-state index contributed by atoms with van der Waals surface area (Å²) in [4.78, 5) is 0. The van der Waals surface area contributed by atoms with E-state index in [1.54, 1.807) is 17.8 Å². The van der Waals surface area contributed by atoms with Crippen LogP contribution in [0.1, 0.15) is 0 Å². The van der Waals surface area contributed by atoms with Gasteiger partial charge in [-0.3, -0.25) is 0 Å². The topological polar surface area (TPSA) is 77.0 Å². The molecule has 5 nitrogen and oxygen atoms in total. The standard InChI is InChI=1S/C7H8N4O/c1-11-4-2-3-5(12)6(8)7(4)9-10-11/h2-3,12H,8H2,1H3. The second kappa shape index (κ2) is 2.10. The average molecular weight is 164 g/mol. The van der Waals surface area contributed by atoms with E-state index >= 15 is 0 Å². The second-order valence-corrected chi connectivity index (χ2v) is 2.58. The molecule has 3 N–H and O–H groups in total. The van der Waals surface area contributed by atoms with E-state index in [1.807, 2.05) is 0 Å². The van der Waals surface area contributed by atoms with E-state index in [4.69, 9.17) is 5.73 Å². The lowest BCUT2D eigenvalue weighted by Gasteiger charge is -1.97. The molecule has 1 heterocycles. The third-order valence-corrected chi connectivity index (χ3v) is 1.80. The van der Waals surface area contributed by atoms with Gasteiger partial charge in [0.2, 0.25) is 0 Å². The maximum Gasteiger partial charge on any atom is 0.140 e. The van der Waals surface area contributed by atoms with Crippen LogP contribution in [0.3, 0.4) is 0 Å². The first-order valence-corrected chi connectivity index (χ1v) is 3.47. The summed E-state index contributed by atoms with van der Waals surface area (Å²) in [5.74, 6) is 0.0444. The van der Waals surface area contributed by atoms with E-state index in [1.165, 1.54) is 6.07 Å². The molecule has 1 aromatic carbocycles. The van der Waals surface area contributed by atoms with Gasteiger partial charge >= 0.3 is 0 Å². The monoisotopic (exact) mass is 164 g/mol. The molecule has 62 valence electrons. The number of benzene rings is 1. The number of phenolic OH excluding ortho intramolecular Hbond substituents is 1. The van der Waals surface area contributed by atoms with Crippen molar-refractivity contribution >= 4 is 16.7 Å². The predicted octanol–water partition coefficient (Wildman–Crippen LogP) is 0.256. The molecule has 0 amide bonds. The van der Waals surface area contributed by atoms with Gasteiger partial charge in [0.25, 0.3) is 0 Å². The highest BCUT2D eigenvalue weighted by molar-refractivity contribution is 5.89. The fraction of sp³-hybridized carbons (Fsp3) is 0.143. The maximum absolute atomic E-state index is 9.22. The number of hydrogen-bond donors (Lipinski definition) is 2. The number of nitrogens with two attached hydrogens (primary N) is 1. The molecule has 2 rings (SSSR count). The number of fused-ring (bicyclic) bond motifs is 1. The quantitative estimate of drug-likeness (QED) is 0.432. The van der Waals surface area contributed by atoms with Gasteiger partial charge < -0.3 is 10.8 Å². The normalized spacial score (nSPS) is 10.8. The number of aromatic hydroxyl groups is 1. The lowest BCUT2D eigenvalue weighted by atomic mass is 10.2. The van der Waals surface area contributed by atoms with Crippen LogP contribution in [0.15, 0.2) is 12.1 Å². The Morgan fingerprint density at radius 2 is 2.25 bits per heavy atom. The number of nitrogen functional groups attached to an aromatic ring is 1. The Labute approximate surface area is 68.4 Å². The third kappa shape index (κ3) is 0.730. The Morgan fingerprint density at radius 3 is 3.00 bits per heavy atom. The maximum atomic E-state index is 9.22. The minimum absolute atomic E-state index is 0.0444. The SMILES string of the molecule is Cn1nnc2c(N)c(O)ccc21. The van der Waals surface area contributed by atoms with Gasteiger partial charge in [0, 0.05) is 7.05 Å². The molecule has 0 atom stereocenters.